The Labute approximate surface area is 168 Å². The molecule has 0 amide bonds. The van der Waals surface area contributed by atoms with Crippen molar-refractivity contribution in [2.75, 3.05) is 5.32 Å². The Morgan fingerprint density at radius 3 is 2.44 bits per heavy atom. The van der Waals surface area contributed by atoms with Crippen LogP contribution in [0.2, 0.25) is 10.0 Å². The van der Waals surface area contributed by atoms with E-state index in [1.165, 1.54) is 0 Å². The molecule has 4 aromatic rings. The van der Waals surface area contributed by atoms with E-state index in [1.54, 1.807) is 12.3 Å². The number of benzene rings is 2. The molecule has 134 valence electrons. The maximum Gasteiger partial charge on any atom is 0.126 e. The third kappa shape index (κ3) is 4.05. The van der Waals surface area contributed by atoms with Gasteiger partial charge in [0.15, 0.2) is 0 Å². The minimum Gasteiger partial charge on any atom is -0.359 e. The highest BCUT2D eigenvalue weighted by molar-refractivity contribution is 6.34. The van der Waals surface area contributed by atoms with Gasteiger partial charge in [-0.25, -0.2) is 4.98 Å². The lowest BCUT2D eigenvalue weighted by Gasteiger charge is -2.21. The molecule has 0 spiro atoms. The first-order chi connectivity index (χ1) is 13.1. The van der Waals surface area contributed by atoms with Gasteiger partial charge in [0.2, 0.25) is 0 Å². The highest BCUT2D eigenvalue weighted by atomic mass is 35.5. The van der Waals surface area contributed by atoms with Crippen LogP contribution in [0.25, 0.3) is 10.9 Å². The third-order valence-corrected chi connectivity index (χ3v) is 4.80. The molecule has 0 aliphatic carbocycles. The van der Waals surface area contributed by atoms with Gasteiger partial charge >= 0.3 is 0 Å². The van der Waals surface area contributed by atoms with E-state index in [-0.39, 0.29) is 6.04 Å². The number of fused-ring (bicyclic) bond motifs is 1. The van der Waals surface area contributed by atoms with Crippen LogP contribution in [0, 0.1) is 6.92 Å². The van der Waals surface area contributed by atoms with Gasteiger partial charge in [-0.3, -0.25) is 4.98 Å². The van der Waals surface area contributed by atoms with E-state index in [0.29, 0.717) is 10.0 Å². The summed E-state index contributed by atoms with van der Waals surface area (Å²) in [6.07, 6.45) is 1.80. The molecule has 27 heavy (non-hydrogen) atoms. The van der Waals surface area contributed by atoms with Crippen molar-refractivity contribution in [1.29, 1.82) is 0 Å². The zero-order valence-electron chi connectivity index (χ0n) is 14.7. The molecule has 0 aliphatic rings. The van der Waals surface area contributed by atoms with E-state index in [0.717, 1.165) is 33.5 Å². The van der Waals surface area contributed by atoms with Gasteiger partial charge in [0.05, 0.1) is 11.6 Å². The second kappa shape index (κ2) is 7.55. The Kier molecular flexibility index (Phi) is 4.97. The van der Waals surface area contributed by atoms with Gasteiger partial charge in [-0.1, -0.05) is 47.5 Å². The summed E-state index contributed by atoms with van der Waals surface area (Å²) in [5.74, 6) is 0.789. The van der Waals surface area contributed by atoms with Crippen LogP contribution in [-0.4, -0.2) is 9.97 Å². The largest absolute Gasteiger partial charge is 0.359 e. The Morgan fingerprint density at radius 1 is 0.852 bits per heavy atom. The predicted octanol–water partition coefficient (Wildman–Crippen LogP) is 6.45. The summed E-state index contributed by atoms with van der Waals surface area (Å²) < 4.78 is 0. The summed E-state index contributed by atoms with van der Waals surface area (Å²) in [6, 6.07) is 21.5. The average molecular weight is 394 g/mol. The molecule has 2 heterocycles. The van der Waals surface area contributed by atoms with Crippen LogP contribution >= 0.6 is 23.2 Å². The number of aryl methyl sites for hydroxylation is 1. The van der Waals surface area contributed by atoms with Gasteiger partial charge in [-0.2, -0.15) is 0 Å². The first kappa shape index (κ1) is 17.8. The fourth-order valence-electron chi connectivity index (χ4n) is 3.14. The molecule has 4 rings (SSSR count). The Bertz CT molecular complexity index is 1090. The number of anilines is 1. The predicted molar refractivity (Wildman–Crippen MR) is 113 cm³/mol. The minimum absolute atomic E-state index is 0.165. The van der Waals surface area contributed by atoms with Gasteiger partial charge < -0.3 is 5.32 Å². The summed E-state index contributed by atoms with van der Waals surface area (Å²) in [5.41, 5.74) is 3.91. The summed E-state index contributed by atoms with van der Waals surface area (Å²) in [6.45, 7) is 1.97. The van der Waals surface area contributed by atoms with Crippen LogP contribution in [-0.2, 0) is 0 Å². The molecule has 5 heteroatoms. The molecule has 0 fully saturated rings. The van der Waals surface area contributed by atoms with Gasteiger partial charge in [-0.15, -0.1) is 0 Å². The highest BCUT2D eigenvalue weighted by Crippen LogP contribution is 2.31. The average Bonchev–Trinajstić information content (AvgIpc) is 2.65. The number of pyridine rings is 2. The van der Waals surface area contributed by atoms with Crippen molar-refractivity contribution in [1.82, 2.24) is 9.97 Å². The normalized spacial score (nSPS) is 12.1. The molecule has 1 unspecified atom stereocenters. The topological polar surface area (TPSA) is 37.8 Å². The van der Waals surface area contributed by atoms with Crippen molar-refractivity contribution in [3.63, 3.8) is 0 Å². The van der Waals surface area contributed by atoms with Crippen LogP contribution in [0.15, 0.2) is 72.9 Å². The van der Waals surface area contributed by atoms with Crippen LogP contribution in [0.4, 0.5) is 5.82 Å². The summed E-state index contributed by atoms with van der Waals surface area (Å²) in [4.78, 5) is 9.06. The highest BCUT2D eigenvalue weighted by Gasteiger charge is 2.17. The molecule has 0 saturated carbocycles. The monoisotopic (exact) mass is 393 g/mol. The molecule has 0 radical (unpaired) electrons. The molecular weight excluding hydrogens is 377 g/mol. The van der Waals surface area contributed by atoms with Crippen LogP contribution < -0.4 is 5.32 Å². The molecule has 2 aromatic carbocycles. The molecule has 3 nitrogen and oxygen atoms in total. The van der Waals surface area contributed by atoms with E-state index in [1.807, 2.05) is 49.4 Å². The number of hydrogen-bond donors (Lipinski definition) is 1. The quantitative estimate of drug-likeness (QED) is 0.432. The number of halogens is 2. The van der Waals surface area contributed by atoms with Crippen molar-refractivity contribution in [2.24, 2.45) is 0 Å². The molecule has 2 aromatic heterocycles. The van der Waals surface area contributed by atoms with Crippen molar-refractivity contribution in [3.05, 3.63) is 99.8 Å². The fraction of sp³-hybridized carbons (Fsp3) is 0.0909. The van der Waals surface area contributed by atoms with Gasteiger partial charge in [0.1, 0.15) is 5.82 Å². The molecule has 0 aliphatic heterocycles. The number of nitrogens with zero attached hydrogens (tertiary/aromatic N) is 2. The molecule has 1 atom stereocenters. The Hall–Kier alpha value is -2.62. The zero-order chi connectivity index (χ0) is 18.8. The van der Waals surface area contributed by atoms with Crippen molar-refractivity contribution >= 4 is 39.9 Å². The van der Waals surface area contributed by atoms with Crippen LogP contribution in [0.1, 0.15) is 22.9 Å². The van der Waals surface area contributed by atoms with E-state index in [4.69, 9.17) is 23.2 Å². The van der Waals surface area contributed by atoms with Crippen LogP contribution in [0.3, 0.4) is 0 Å². The summed E-state index contributed by atoms with van der Waals surface area (Å²) >= 11 is 12.5. The maximum absolute atomic E-state index is 6.26. The molecular formula is C22H17Cl2N3. The van der Waals surface area contributed by atoms with E-state index in [2.05, 4.69) is 33.5 Å². The first-order valence-corrected chi connectivity index (χ1v) is 9.35. The second-order valence-electron chi connectivity index (χ2n) is 6.40. The Balaban J connectivity index is 1.83. The summed E-state index contributed by atoms with van der Waals surface area (Å²) in [7, 11) is 0. The number of aromatic nitrogens is 2. The number of nitrogens with one attached hydrogen (secondary N) is 1. The van der Waals surface area contributed by atoms with Crippen LogP contribution in [0.5, 0.6) is 0 Å². The van der Waals surface area contributed by atoms with Crippen molar-refractivity contribution in [3.8, 4) is 0 Å². The van der Waals surface area contributed by atoms with Gasteiger partial charge in [-0.05, 0) is 60.5 Å². The minimum atomic E-state index is -0.165. The molecule has 0 bridgehead atoms. The van der Waals surface area contributed by atoms with Crippen molar-refractivity contribution in [2.45, 2.75) is 13.0 Å². The first-order valence-electron chi connectivity index (χ1n) is 8.59. The molecule has 0 saturated heterocycles. The van der Waals surface area contributed by atoms with Gasteiger partial charge in [0.25, 0.3) is 0 Å². The third-order valence-electron chi connectivity index (χ3n) is 4.36. The SMILES string of the molecule is Cc1cccc(NC(c2cc(Cl)cc(Cl)c2)c2ccc3cccnc3c2)n1. The zero-order valence-corrected chi connectivity index (χ0v) is 16.2. The van der Waals surface area contributed by atoms with E-state index in [9.17, 15) is 0 Å². The smallest absolute Gasteiger partial charge is 0.126 e. The lowest BCUT2D eigenvalue weighted by molar-refractivity contribution is 0.925. The standard InChI is InChI=1S/C22H17Cl2N3/c1-14-4-2-6-21(26-14)27-22(17-10-18(23)13-19(24)11-17)16-8-7-15-5-3-9-25-20(15)12-16/h2-13,22H,1H3,(H,26,27). The molecule has 1 N–H and O–H groups in total. The fourth-order valence-corrected chi connectivity index (χ4v) is 3.68. The lowest BCUT2D eigenvalue weighted by atomic mass is 9.97. The lowest BCUT2D eigenvalue weighted by Crippen LogP contribution is -2.13. The summed E-state index contributed by atoms with van der Waals surface area (Å²) in [5, 5.41) is 5.81. The van der Waals surface area contributed by atoms with E-state index < -0.39 is 0 Å². The van der Waals surface area contributed by atoms with Gasteiger partial charge in [0, 0.05) is 27.3 Å². The maximum atomic E-state index is 6.26. The van der Waals surface area contributed by atoms with Crippen molar-refractivity contribution < 1.29 is 0 Å². The Morgan fingerprint density at radius 2 is 1.67 bits per heavy atom. The number of rotatable bonds is 4. The van der Waals surface area contributed by atoms with E-state index >= 15 is 0 Å². The second-order valence-corrected chi connectivity index (χ2v) is 7.27. The number of hydrogen-bond acceptors (Lipinski definition) is 3.